The number of aromatic nitrogens is 2. The molecule has 0 saturated carbocycles. The quantitative estimate of drug-likeness (QED) is 0.777. The Morgan fingerprint density at radius 1 is 1.54 bits per heavy atom. The molecule has 0 spiro atoms. The fourth-order valence-corrected chi connectivity index (χ4v) is 0.892. The molecule has 0 aromatic carbocycles. The van der Waals surface area contributed by atoms with Crippen LogP contribution in [0.3, 0.4) is 0 Å². The van der Waals surface area contributed by atoms with Crippen LogP contribution < -0.4 is 5.73 Å². The first-order valence-electron chi connectivity index (χ1n) is 3.75. The van der Waals surface area contributed by atoms with Gasteiger partial charge in [0.25, 0.3) is 0 Å². The van der Waals surface area contributed by atoms with Crippen LogP contribution in [0.4, 0.5) is 19.0 Å². The van der Waals surface area contributed by atoms with Gasteiger partial charge in [0.2, 0.25) is 0 Å². The number of nitrogens with two attached hydrogens (primary N) is 1. The normalized spacial score (nSPS) is 12.0. The van der Waals surface area contributed by atoms with E-state index in [1.54, 1.807) is 6.92 Å². The lowest BCUT2D eigenvalue weighted by atomic mass is 10.4. The first-order chi connectivity index (χ1) is 5.88. The number of halogens is 3. The number of hydrogen-bond acceptors (Lipinski definition) is 2. The second-order valence-corrected chi connectivity index (χ2v) is 2.83. The Kier molecular flexibility index (Phi) is 2.49. The van der Waals surface area contributed by atoms with Crippen LogP contribution in [0.2, 0.25) is 0 Å². The van der Waals surface area contributed by atoms with Gasteiger partial charge in [-0.05, 0) is 6.92 Å². The molecule has 74 valence electrons. The van der Waals surface area contributed by atoms with Gasteiger partial charge in [-0.3, -0.25) is 4.68 Å². The maximum atomic E-state index is 11.8. The minimum absolute atomic E-state index is 0.179. The van der Waals surface area contributed by atoms with Crippen molar-refractivity contribution in [3.63, 3.8) is 0 Å². The van der Waals surface area contributed by atoms with E-state index in [9.17, 15) is 13.2 Å². The number of hydrogen-bond donors (Lipinski definition) is 1. The van der Waals surface area contributed by atoms with Crippen molar-refractivity contribution in [1.82, 2.24) is 9.78 Å². The van der Waals surface area contributed by atoms with Gasteiger partial charge in [-0.1, -0.05) is 0 Å². The molecule has 1 heterocycles. The zero-order chi connectivity index (χ0) is 10.1. The molecule has 2 N–H and O–H groups in total. The van der Waals surface area contributed by atoms with E-state index in [-0.39, 0.29) is 12.4 Å². The van der Waals surface area contributed by atoms with Crippen LogP contribution in [0.15, 0.2) is 6.20 Å². The van der Waals surface area contributed by atoms with Gasteiger partial charge in [0.15, 0.2) is 0 Å². The van der Waals surface area contributed by atoms with Gasteiger partial charge in [0.05, 0.1) is 6.42 Å². The van der Waals surface area contributed by atoms with Gasteiger partial charge in [-0.15, -0.1) is 0 Å². The summed E-state index contributed by atoms with van der Waals surface area (Å²) >= 11 is 0. The Morgan fingerprint density at radius 2 is 2.15 bits per heavy atom. The van der Waals surface area contributed by atoms with Crippen LogP contribution in [0.1, 0.15) is 12.0 Å². The predicted octanol–water partition coefficient (Wildman–Crippen LogP) is 1.73. The maximum absolute atomic E-state index is 11.8. The fourth-order valence-electron chi connectivity index (χ4n) is 0.892. The SMILES string of the molecule is Cc1cn(CCC(F)(F)F)nc1N. The van der Waals surface area contributed by atoms with E-state index in [4.69, 9.17) is 5.73 Å². The number of nitrogens with zero attached hydrogens (tertiary/aromatic N) is 2. The molecule has 3 nitrogen and oxygen atoms in total. The number of aryl methyl sites for hydroxylation is 2. The Balaban J connectivity index is 2.56. The third-order valence-electron chi connectivity index (χ3n) is 1.61. The van der Waals surface area contributed by atoms with E-state index in [0.717, 1.165) is 0 Å². The van der Waals surface area contributed by atoms with Crippen molar-refractivity contribution >= 4 is 5.82 Å². The zero-order valence-corrected chi connectivity index (χ0v) is 7.10. The molecule has 1 rings (SSSR count). The Morgan fingerprint density at radius 3 is 2.54 bits per heavy atom. The fraction of sp³-hybridized carbons (Fsp3) is 0.571. The van der Waals surface area contributed by atoms with E-state index in [2.05, 4.69) is 5.10 Å². The van der Waals surface area contributed by atoms with E-state index in [1.165, 1.54) is 10.9 Å². The van der Waals surface area contributed by atoms with Gasteiger partial charge >= 0.3 is 6.18 Å². The predicted molar refractivity (Wildman–Crippen MR) is 42.0 cm³/mol. The molecular weight excluding hydrogens is 183 g/mol. The van der Waals surface area contributed by atoms with Crippen molar-refractivity contribution in [2.75, 3.05) is 5.73 Å². The standard InChI is InChI=1S/C7H10F3N3/c1-5-4-13(12-6(5)11)3-2-7(8,9)10/h4H,2-3H2,1H3,(H2,11,12). The highest BCUT2D eigenvalue weighted by atomic mass is 19.4. The highest BCUT2D eigenvalue weighted by Crippen LogP contribution is 2.20. The molecule has 13 heavy (non-hydrogen) atoms. The van der Waals surface area contributed by atoms with Crippen LogP contribution in [-0.2, 0) is 6.54 Å². The van der Waals surface area contributed by atoms with Crippen molar-refractivity contribution in [1.29, 1.82) is 0 Å². The van der Waals surface area contributed by atoms with Crippen LogP contribution in [0.5, 0.6) is 0 Å². The highest BCUT2D eigenvalue weighted by Gasteiger charge is 2.26. The van der Waals surface area contributed by atoms with Crippen molar-refractivity contribution in [3.05, 3.63) is 11.8 Å². The third kappa shape index (κ3) is 2.96. The topological polar surface area (TPSA) is 43.8 Å². The Bertz CT molecular complexity index is 270. The summed E-state index contributed by atoms with van der Waals surface area (Å²) in [7, 11) is 0. The average molecular weight is 193 g/mol. The summed E-state index contributed by atoms with van der Waals surface area (Å²) < 4.78 is 36.5. The second kappa shape index (κ2) is 3.27. The molecule has 0 unspecified atom stereocenters. The molecular formula is C7H10F3N3. The number of alkyl halides is 3. The van der Waals surface area contributed by atoms with E-state index < -0.39 is 12.6 Å². The second-order valence-electron chi connectivity index (χ2n) is 2.83. The first-order valence-corrected chi connectivity index (χ1v) is 3.75. The minimum atomic E-state index is -4.14. The summed E-state index contributed by atoms with van der Waals surface area (Å²) in [6.07, 6.45) is -3.52. The lowest BCUT2D eigenvalue weighted by Crippen LogP contribution is -2.12. The molecule has 0 bridgehead atoms. The van der Waals surface area contributed by atoms with Crippen molar-refractivity contribution in [2.24, 2.45) is 0 Å². The van der Waals surface area contributed by atoms with Gasteiger partial charge in [0, 0.05) is 18.3 Å². The molecule has 0 radical (unpaired) electrons. The number of rotatable bonds is 2. The average Bonchev–Trinajstić information content (AvgIpc) is 2.27. The van der Waals surface area contributed by atoms with Gasteiger partial charge in [0.1, 0.15) is 5.82 Å². The summed E-state index contributed by atoms with van der Waals surface area (Å²) in [5, 5.41) is 3.71. The van der Waals surface area contributed by atoms with E-state index >= 15 is 0 Å². The molecule has 0 fully saturated rings. The van der Waals surface area contributed by atoms with Gasteiger partial charge < -0.3 is 5.73 Å². The maximum Gasteiger partial charge on any atom is 0.390 e. The van der Waals surface area contributed by atoms with Crippen molar-refractivity contribution in [2.45, 2.75) is 26.1 Å². The summed E-state index contributed by atoms with van der Waals surface area (Å²) in [4.78, 5) is 0. The van der Waals surface area contributed by atoms with Crippen LogP contribution in [-0.4, -0.2) is 16.0 Å². The molecule has 0 atom stereocenters. The monoisotopic (exact) mass is 193 g/mol. The summed E-state index contributed by atoms with van der Waals surface area (Å²) in [6.45, 7) is 1.52. The Labute approximate surface area is 73.3 Å². The lowest BCUT2D eigenvalue weighted by Gasteiger charge is -2.05. The first kappa shape index (κ1) is 9.88. The van der Waals surface area contributed by atoms with Crippen LogP contribution >= 0.6 is 0 Å². The molecule has 1 aromatic heterocycles. The summed E-state index contributed by atoms with van der Waals surface area (Å²) in [6, 6.07) is 0. The van der Waals surface area contributed by atoms with E-state index in [1.807, 2.05) is 0 Å². The highest BCUT2D eigenvalue weighted by molar-refractivity contribution is 5.35. The minimum Gasteiger partial charge on any atom is -0.382 e. The van der Waals surface area contributed by atoms with Gasteiger partial charge in [-0.2, -0.15) is 18.3 Å². The van der Waals surface area contributed by atoms with Crippen LogP contribution in [0.25, 0.3) is 0 Å². The summed E-state index contributed by atoms with van der Waals surface area (Å²) in [5.74, 6) is 0.280. The molecule has 0 amide bonds. The molecule has 1 aromatic rings. The summed E-state index contributed by atoms with van der Waals surface area (Å²) in [5.41, 5.74) is 6.06. The van der Waals surface area contributed by atoms with E-state index in [0.29, 0.717) is 5.56 Å². The smallest absolute Gasteiger partial charge is 0.382 e. The number of nitrogen functional groups attached to an aromatic ring is 1. The zero-order valence-electron chi connectivity index (χ0n) is 7.10. The number of anilines is 1. The van der Waals surface area contributed by atoms with Crippen molar-refractivity contribution in [3.8, 4) is 0 Å². The van der Waals surface area contributed by atoms with Crippen LogP contribution in [0, 0.1) is 6.92 Å². The Hall–Kier alpha value is -1.20. The van der Waals surface area contributed by atoms with Gasteiger partial charge in [-0.25, -0.2) is 0 Å². The largest absolute Gasteiger partial charge is 0.390 e. The molecule has 0 aliphatic heterocycles. The lowest BCUT2D eigenvalue weighted by molar-refractivity contribution is -0.137. The molecule has 6 heteroatoms. The molecule has 0 aliphatic carbocycles. The molecule has 0 aliphatic rings. The molecule has 0 saturated heterocycles. The van der Waals surface area contributed by atoms with Crippen molar-refractivity contribution < 1.29 is 13.2 Å². The third-order valence-corrected chi connectivity index (χ3v) is 1.61.